The molecule has 3 nitrogen and oxygen atoms in total. The summed E-state index contributed by atoms with van der Waals surface area (Å²) in [6, 6.07) is 3.68. The molecule has 0 unspecified atom stereocenters. The van der Waals surface area contributed by atoms with Crippen LogP contribution >= 0.6 is 38.9 Å². The molecular formula is C7H5BBrIO3. The van der Waals surface area contributed by atoms with E-state index in [9.17, 15) is 5.02 Å². The Kier molecular flexibility index (Phi) is 2.82. The van der Waals surface area contributed by atoms with Gasteiger partial charge in [0.25, 0.3) is 0 Å². The van der Waals surface area contributed by atoms with E-state index < -0.39 is 7.12 Å². The second kappa shape index (κ2) is 3.76. The van der Waals surface area contributed by atoms with Crippen LogP contribution in [0.2, 0.25) is 0 Å². The first-order valence-electron chi connectivity index (χ1n) is 3.63. The van der Waals surface area contributed by atoms with Gasteiger partial charge in [-0.15, -0.1) is 0 Å². The Morgan fingerprint density at radius 1 is 1.62 bits per heavy atom. The molecule has 68 valence electrons. The third-order valence-corrected chi connectivity index (χ3v) is 3.19. The van der Waals surface area contributed by atoms with E-state index in [1.165, 1.54) is 0 Å². The van der Waals surface area contributed by atoms with Crippen LogP contribution in [0.25, 0.3) is 0 Å². The van der Waals surface area contributed by atoms with Crippen LogP contribution in [-0.4, -0.2) is 12.1 Å². The van der Waals surface area contributed by atoms with E-state index in [1.807, 2.05) is 6.07 Å². The molecule has 2 rings (SSSR count). The van der Waals surface area contributed by atoms with Crippen LogP contribution in [0.5, 0.6) is 5.75 Å². The van der Waals surface area contributed by atoms with Crippen molar-refractivity contribution in [1.29, 1.82) is 0 Å². The Hall–Kier alpha value is 0.215. The average molecular weight is 355 g/mol. The minimum absolute atomic E-state index is 0.422. The largest absolute Gasteiger partial charge is 0.495 e. The van der Waals surface area contributed by atoms with Crippen LogP contribution in [-0.2, 0) is 11.3 Å². The zero-order valence-corrected chi connectivity index (χ0v) is 10.2. The fourth-order valence-corrected chi connectivity index (χ4v) is 2.19. The zero-order valence-electron chi connectivity index (χ0n) is 6.46. The van der Waals surface area contributed by atoms with Crippen molar-refractivity contribution in [3.63, 3.8) is 0 Å². The van der Waals surface area contributed by atoms with Gasteiger partial charge in [0.05, 0.1) is 6.61 Å². The maximum atomic E-state index is 9.49. The molecule has 0 radical (unpaired) electrons. The van der Waals surface area contributed by atoms with Crippen molar-refractivity contribution in [1.82, 2.24) is 0 Å². The first-order valence-corrected chi connectivity index (χ1v) is 5.31. The van der Waals surface area contributed by atoms with Crippen molar-refractivity contribution in [2.75, 3.05) is 0 Å². The molecule has 0 atom stereocenters. The lowest BCUT2D eigenvalue weighted by Crippen LogP contribution is -2.29. The van der Waals surface area contributed by atoms with Crippen LogP contribution in [0.4, 0.5) is 0 Å². The fraction of sp³-hybridized carbons (Fsp3) is 0.143. The van der Waals surface area contributed by atoms with Crippen molar-refractivity contribution in [2.24, 2.45) is 0 Å². The Bertz CT molecular complexity index is 347. The number of fused-ring (bicyclic) bond motifs is 1. The molecular weight excluding hydrogens is 350 g/mol. The highest BCUT2D eigenvalue weighted by molar-refractivity contribution is 14.1. The molecule has 0 saturated carbocycles. The van der Waals surface area contributed by atoms with E-state index in [0.29, 0.717) is 12.4 Å². The van der Waals surface area contributed by atoms with E-state index in [2.05, 4.69) is 15.9 Å². The van der Waals surface area contributed by atoms with Gasteiger partial charge in [-0.25, -0.2) is 0 Å². The lowest BCUT2D eigenvalue weighted by molar-refractivity contribution is 0.275. The van der Waals surface area contributed by atoms with Crippen molar-refractivity contribution in [3.8, 4) is 5.75 Å². The molecule has 0 aliphatic carbocycles. The smallest absolute Gasteiger partial charge is 0.428 e. The second-order valence-corrected chi connectivity index (χ2v) is 3.97. The van der Waals surface area contributed by atoms with Gasteiger partial charge in [-0.1, -0.05) is 15.9 Å². The molecule has 13 heavy (non-hydrogen) atoms. The molecule has 1 aliphatic rings. The molecule has 0 amide bonds. The van der Waals surface area contributed by atoms with E-state index >= 15 is 0 Å². The third-order valence-electron chi connectivity index (χ3n) is 1.98. The maximum Gasteiger partial charge on any atom is 0.495 e. The van der Waals surface area contributed by atoms with Gasteiger partial charge in [-0.05, 0) is 17.7 Å². The number of benzene rings is 1. The van der Waals surface area contributed by atoms with Gasteiger partial charge in [-0.2, -0.15) is 0 Å². The highest BCUT2D eigenvalue weighted by Crippen LogP contribution is 2.26. The summed E-state index contributed by atoms with van der Waals surface area (Å²) in [5, 5.41) is 9.49. The van der Waals surface area contributed by atoms with Gasteiger partial charge < -0.3 is 12.7 Å². The predicted octanol–water partition coefficient (Wildman–Crippen LogP) is 1.40. The predicted molar refractivity (Wildman–Crippen MR) is 61.2 cm³/mol. The zero-order chi connectivity index (χ0) is 9.42. The highest BCUT2D eigenvalue weighted by atomic mass is 127. The topological polar surface area (TPSA) is 38.7 Å². The monoisotopic (exact) mass is 354 g/mol. The molecule has 0 aromatic heterocycles. The van der Waals surface area contributed by atoms with Crippen LogP contribution in [0.3, 0.4) is 0 Å². The van der Waals surface area contributed by atoms with Crippen LogP contribution in [0, 0.1) is 0 Å². The summed E-state index contributed by atoms with van der Waals surface area (Å²) in [6.07, 6.45) is 0. The average Bonchev–Trinajstić information content (AvgIpc) is 2.51. The first kappa shape index (κ1) is 9.76. The van der Waals surface area contributed by atoms with E-state index in [0.717, 1.165) is 15.5 Å². The molecule has 1 aliphatic heterocycles. The summed E-state index contributed by atoms with van der Waals surface area (Å²) in [5.74, 6) is 0.656. The summed E-state index contributed by atoms with van der Waals surface area (Å²) < 4.78 is 11.1. The Labute approximate surface area is 98.4 Å². The summed E-state index contributed by atoms with van der Waals surface area (Å²) in [6.45, 7) is 0.422. The molecule has 0 fully saturated rings. The molecule has 1 aromatic rings. The Morgan fingerprint density at radius 3 is 3.08 bits per heavy atom. The number of hydrogen-bond acceptors (Lipinski definition) is 3. The minimum Gasteiger partial charge on any atom is -0.428 e. The number of hydrogen-bond donors (Lipinski definition) is 1. The van der Waals surface area contributed by atoms with E-state index in [1.54, 1.807) is 29.1 Å². The van der Waals surface area contributed by atoms with Gasteiger partial charge in [0, 0.05) is 9.94 Å². The van der Waals surface area contributed by atoms with Gasteiger partial charge in [0.15, 0.2) is 23.0 Å². The van der Waals surface area contributed by atoms with Gasteiger partial charge >= 0.3 is 7.12 Å². The fourth-order valence-electron chi connectivity index (χ4n) is 1.35. The van der Waals surface area contributed by atoms with Gasteiger partial charge in [0.2, 0.25) is 0 Å². The van der Waals surface area contributed by atoms with Crippen molar-refractivity contribution in [2.45, 2.75) is 6.61 Å². The van der Waals surface area contributed by atoms with E-state index in [-0.39, 0.29) is 0 Å². The Balaban J connectivity index is 2.60. The molecule has 0 saturated heterocycles. The molecule has 0 spiro atoms. The Morgan fingerprint density at radius 2 is 2.38 bits per heavy atom. The van der Waals surface area contributed by atoms with Crippen LogP contribution in [0.15, 0.2) is 16.6 Å². The normalized spacial score (nSPS) is 14.5. The third kappa shape index (κ3) is 1.60. The summed E-state index contributed by atoms with van der Waals surface area (Å²) in [4.78, 5) is 0. The molecule has 1 N–H and O–H groups in total. The first-order chi connectivity index (χ1) is 6.24. The number of halogens is 2. The summed E-state index contributed by atoms with van der Waals surface area (Å²) in [7, 11) is -0.864. The van der Waals surface area contributed by atoms with E-state index in [4.69, 9.17) is 7.72 Å². The second-order valence-electron chi connectivity index (χ2n) is 2.68. The molecule has 0 bridgehead atoms. The lowest BCUT2D eigenvalue weighted by Gasteiger charge is -2.05. The maximum absolute atomic E-state index is 9.49. The van der Waals surface area contributed by atoms with Crippen molar-refractivity contribution >= 4 is 51.5 Å². The summed E-state index contributed by atoms with van der Waals surface area (Å²) >= 11 is 5.18. The van der Waals surface area contributed by atoms with Crippen molar-refractivity contribution in [3.05, 3.63) is 22.2 Å². The highest BCUT2D eigenvalue weighted by Gasteiger charge is 2.32. The van der Waals surface area contributed by atoms with Crippen LogP contribution in [0.1, 0.15) is 5.56 Å². The number of rotatable bonds is 1. The molecule has 1 heterocycles. The van der Waals surface area contributed by atoms with Gasteiger partial charge in [0.1, 0.15) is 5.75 Å². The SMILES string of the molecule is OB1OCc2c(Br)ccc(OI)c21. The molecule has 6 heteroatoms. The quantitative estimate of drug-likeness (QED) is 0.612. The standard InChI is InChI=1S/C7H5BBrIO3/c9-5-1-2-6(13-10)7-4(5)3-12-8(7)11/h1-2,11H,3H2. The van der Waals surface area contributed by atoms with Crippen molar-refractivity contribution < 1.29 is 12.7 Å². The summed E-state index contributed by atoms with van der Waals surface area (Å²) in [5.41, 5.74) is 1.69. The minimum atomic E-state index is -0.864. The lowest BCUT2D eigenvalue weighted by atomic mass is 9.79. The molecule has 1 aromatic carbocycles. The van der Waals surface area contributed by atoms with Gasteiger partial charge in [-0.3, -0.25) is 0 Å². The van der Waals surface area contributed by atoms with Crippen LogP contribution < -0.4 is 8.53 Å².